The molecule has 1 aliphatic rings. The highest BCUT2D eigenvalue weighted by Gasteiger charge is 2.23. The van der Waals surface area contributed by atoms with Crippen LogP contribution < -0.4 is 5.32 Å². The van der Waals surface area contributed by atoms with Crippen LogP contribution in [0.2, 0.25) is 0 Å². The van der Waals surface area contributed by atoms with Crippen molar-refractivity contribution < 1.29 is 19.4 Å². The third-order valence-corrected chi connectivity index (χ3v) is 4.04. The molecule has 114 valence electrons. The average Bonchev–Trinajstić information content (AvgIpc) is 2.97. The molecule has 1 atom stereocenters. The molecule has 1 aromatic carbocycles. The van der Waals surface area contributed by atoms with E-state index in [1.807, 2.05) is 0 Å². The molecule has 0 aromatic heterocycles. The summed E-state index contributed by atoms with van der Waals surface area (Å²) in [5.41, 5.74) is 0.528. The van der Waals surface area contributed by atoms with Crippen LogP contribution in [0.15, 0.2) is 28.7 Å². The topological polar surface area (TPSA) is 75.6 Å². The Kier molecular flexibility index (Phi) is 5.76. The molecule has 0 spiro atoms. The molecule has 1 aliphatic carbocycles. The number of carboxylic acids is 1. The monoisotopic (exact) mass is 355 g/mol. The second-order valence-electron chi connectivity index (χ2n) is 5.11. The fraction of sp³-hybridized carbons (Fsp3) is 0.467. The number of carboxylic acid groups (broad SMARTS) is 1. The van der Waals surface area contributed by atoms with Crippen molar-refractivity contribution in [2.24, 2.45) is 0 Å². The molecule has 0 aliphatic heterocycles. The number of carbonyl (C=O) groups excluding carboxylic acids is 1. The van der Waals surface area contributed by atoms with Gasteiger partial charge in [0.1, 0.15) is 6.61 Å². The van der Waals surface area contributed by atoms with E-state index in [1.165, 1.54) is 0 Å². The summed E-state index contributed by atoms with van der Waals surface area (Å²) < 4.78 is 6.34. The minimum absolute atomic E-state index is 0.0923. The van der Waals surface area contributed by atoms with Gasteiger partial charge >= 0.3 is 5.97 Å². The number of halogens is 1. The van der Waals surface area contributed by atoms with Gasteiger partial charge in [0.15, 0.2) is 6.04 Å². The Morgan fingerprint density at radius 3 is 2.48 bits per heavy atom. The van der Waals surface area contributed by atoms with E-state index in [4.69, 9.17) is 4.74 Å². The fourth-order valence-electron chi connectivity index (χ4n) is 2.39. The molecule has 1 unspecified atom stereocenters. The van der Waals surface area contributed by atoms with E-state index in [-0.39, 0.29) is 12.7 Å². The molecule has 0 radical (unpaired) electrons. The van der Waals surface area contributed by atoms with Crippen LogP contribution in [0, 0.1) is 0 Å². The largest absolute Gasteiger partial charge is 0.479 e. The number of hydrogen-bond acceptors (Lipinski definition) is 3. The summed E-state index contributed by atoms with van der Waals surface area (Å²) in [6, 6.07) is 5.76. The predicted octanol–water partition coefficient (Wildman–Crippen LogP) is 2.65. The van der Waals surface area contributed by atoms with E-state index in [0.717, 1.165) is 30.2 Å². The number of benzene rings is 1. The lowest BCUT2D eigenvalue weighted by molar-refractivity contribution is -0.143. The van der Waals surface area contributed by atoms with Crippen LogP contribution in [0.4, 0.5) is 0 Å². The highest BCUT2D eigenvalue weighted by atomic mass is 79.9. The minimum atomic E-state index is -1.09. The molecule has 1 amide bonds. The molecule has 2 N–H and O–H groups in total. The standard InChI is InChI=1S/C15H18BrNO4/c16-11-7-5-10(6-8-11)14(15(19)20)17-13(18)9-21-12-3-1-2-4-12/h5-8,12,14H,1-4,9H2,(H,17,18)(H,19,20). The van der Waals surface area contributed by atoms with Crippen molar-refractivity contribution in [3.8, 4) is 0 Å². The van der Waals surface area contributed by atoms with Crippen molar-refractivity contribution in [1.29, 1.82) is 0 Å². The summed E-state index contributed by atoms with van der Waals surface area (Å²) in [6.45, 7) is -0.0923. The maximum atomic E-state index is 11.8. The van der Waals surface area contributed by atoms with E-state index in [0.29, 0.717) is 5.56 Å². The summed E-state index contributed by atoms with van der Waals surface area (Å²) in [5.74, 6) is -1.50. The van der Waals surface area contributed by atoms with Crippen molar-refractivity contribution in [3.63, 3.8) is 0 Å². The van der Waals surface area contributed by atoms with E-state index in [2.05, 4.69) is 21.2 Å². The molecular weight excluding hydrogens is 338 g/mol. The number of rotatable bonds is 6. The van der Waals surface area contributed by atoms with Crippen LogP contribution in [-0.4, -0.2) is 29.7 Å². The molecule has 2 rings (SSSR count). The zero-order chi connectivity index (χ0) is 15.2. The molecule has 6 heteroatoms. The third-order valence-electron chi connectivity index (χ3n) is 3.51. The molecule has 1 aromatic rings. The number of amides is 1. The van der Waals surface area contributed by atoms with Gasteiger partial charge in [-0.25, -0.2) is 4.79 Å². The first-order valence-electron chi connectivity index (χ1n) is 6.95. The van der Waals surface area contributed by atoms with Gasteiger partial charge in [0.05, 0.1) is 6.10 Å². The number of hydrogen-bond donors (Lipinski definition) is 2. The molecule has 1 saturated carbocycles. The highest BCUT2D eigenvalue weighted by molar-refractivity contribution is 9.10. The Morgan fingerprint density at radius 1 is 1.29 bits per heavy atom. The maximum absolute atomic E-state index is 11.8. The number of nitrogens with one attached hydrogen (secondary N) is 1. The Hall–Kier alpha value is -1.40. The first-order chi connectivity index (χ1) is 10.1. The van der Waals surface area contributed by atoms with Crippen LogP contribution in [-0.2, 0) is 14.3 Å². The van der Waals surface area contributed by atoms with Crippen molar-refractivity contribution >= 4 is 27.8 Å². The second-order valence-corrected chi connectivity index (χ2v) is 6.02. The summed E-state index contributed by atoms with van der Waals surface area (Å²) >= 11 is 3.29. The SMILES string of the molecule is O=C(COC1CCCC1)NC(C(=O)O)c1ccc(Br)cc1. The van der Waals surface area contributed by atoms with Crippen molar-refractivity contribution in [1.82, 2.24) is 5.32 Å². The molecular formula is C15H18BrNO4. The van der Waals surface area contributed by atoms with E-state index in [1.54, 1.807) is 24.3 Å². The van der Waals surface area contributed by atoms with Gasteiger partial charge in [0.25, 0.3) is 0 Å². The number of aliphatic carboxylic acids is 1. The summed E-state index contributed by atoms with van der Waals surface area (Å²) in [6.07, 6.45) is 4.34. The molecule has 0 saturated heterocycles. The maximum Gasteiger partial charge on any atom is 0.330 e. The van der Waals surface area contributed by atoms with Crippen LogP contribution in [0.5, 0.6) is 0 Å². The van der Waals surface area contributed by atoms with E-state index >= 15 is 0 Å². The van der Waals surface area contributed by atoms with Gasteiger partial charge in [-0.3, -0.25) is 4.79 Å². The molecule has 5 nitrogen and oxygen atoms in total. The van der Waals surface area contributed by atoms with Crippen LogP contribution in [0.3, 0.4) is 0 Å². The number of carbonyl (C=O) groups is 2. The molecule has 1 fully saturated rings. The zero-order valence-electron chi connectivity index (χ0n) is 11.5. The van der Waals surface area contributed by atoms with E-state index < -0.39 is 17.9 Å². The van der Waals surface area contributed by atoms with Gasteiger partial charge < -0.3 is 15.2 Å². The Labute approximate surface area is 131 Å². The normalized spacial score (nSPS) is 16.6. The van der Waals surface area contributed by atoms with Gasteiger partial charge in [0.2, 0.25) is 5.91 Å². The summed E-state index contributed by atoms with van der Waals surface area (Å²) in [4.78, 5) is 23.2. The van der Waals surface area contributed by atoms with E-state index in [9.17, 15) is 14.7 Å². The minimum Gasteiger partial charge on any atom is -0.479 e. The first kappa shape index (κ1) is 16.0. The van der Waals surface area contributed by atoms with Gasteiger partial charge in [-0.05, 0) is 30.5 Å². The Morgan fingerprint density at radius 2 is 1.90 bits per heavy atom. The molecule has 21 heavy (non-hydrogen) atoms. The van der Waals surface area contributed by atoms with Gasteiger partial charge in [-0.2, -0.15) is 0 Å². The molecule has 0 heterocycles. The third kappa shape index (κ3) is 4.82. The van der Waals surface area contributed by atoms with Gasteiger partial charge in [-0.15, -0.1) is 0 Å². The lowest BCUT2D eigenvalue weighted by atomic mass is 10.1. The predicted molar refractivity (Wildman–Crippen MR) is 80.9 cm³/mol. The lowest BCUT2D eigenvalue weighted by Gasteiger charge is -2.16. The Bertz CT molecular complexity index is 497. The summed E-state index contributed by atoms with van der Waals surface area (Å²) in [7, 11) is 0. The second kappa shape index (κ2) is 7.56. The first-order valence-corrected chi connectivity index (χ1v) is 7.75. The van der Waals surface area contributed by atoms with Crippen molar-refractivity contribution in [2.45, 2.75) is 37.8 Å². The van der Waals surface area contributed by atoms with Crippen molar-refractivity contribution in [2.75, 3.05) is 6.61 Å². The Balaban J connectivity index is 1.91. The van der Waals surface area contributed by atoms with Crippen molar-refractivity contribution in [3.05, 3.63) is 34.3 Å². The highest BCUT2D eigenvalue weighted by Crippen LogP contribution is 2.21. The summed E-state index contributed by atoms with van der Waals surface area (Å²) in [5, 5.41) is 11.8. The van der Waals surface area contributed by atoms with Gasteiger partial charge in [-0.1, -0.05) is 40.9 Å². The fourth-order valence-corrected chi connectivity index (χ4v) is 2.66. The van der Waals surface area contributed by atoms with Crippen LogP contribution >= 0.6 is 15.9 Å². The van der Waals surface area contributed by atoms with Gasteiger partial charge in [0, 0.05) is 4.47 Å². The average molecular weight is 356 g/mol. The smallest absolute Gasteiger partial charge is 0.330 e. The molecule has 0 bridgehead atoms. The van der Waals surface area contributed by atoms with Crippen LogP contribution in [0.25, 0.3) is 0 Å². The number of ether oxygens (including phenoxy) is 1. The lowest BCUT2D eigenvalue weighted by Crippen LogP contribution is -2.36. The van der Waals surface area contributed by atoms with Crippen LogP contribution in [0.1, 0.15) is 37.3 Å². The quantitative estimate of drug-likeness (QED) is 0.822. The zero-order valence-corrected chi connectivity index (χ0v) is 13.1.